The minimum Gasteiger partial charge on any atom is -0.495 e. The van der Waals surface area contributed by atoms with Crippen LogP contribution in [0.5, 0.6) is 5.75 Å². The van der Waals surface area contributed by atoms with Crippen LogP contribution in [0.4, 0.5) is 11.5 Å². The summed E-state index contributed by atoms with van der Waals surface area (Å²) in [6.07, 6.45) is 2.10. The van der Waals surface area contributed by atoms with Gasteiger partial charge in [0.1, 0.15) is 17.4 Å². The maximum Gasteiger partial charge on any atom is 0.141 e. The Morgan fingerprint density at radius 1 is 1.11 bits per heavy atom. The van der Waals surface area contributed by atoms with Gasteiger partial charge in [0.05, 0.1) is 25.1 Å². The average Bonchev–Trinajstić information content (AvgIpc) is 2.68. The Morgan fingerprint density at radius 3 is 2.46 bits per heavy atom. The summed E-state index contributed by atoms with van der Waals surface area (Å²) < 4.78 is 10.8. The third-order valence-corrected chi connectivity index (χ3v) is 5.01. The molecule has 1 aromatic carbocycles. The van der Waals surface area contributed by atoms with E-state index in [-0.39, 0.29) is 5.41 Å². The van der Waals surface area contributed by atoms with Crippen molar-refractivity contribution in [1.29, 1.82) is 0 Å². The number of hydrogen-bond acceptors (Lipinski definition) is 6. The van der Waals surface area contributed by atoms with Gasteiger partial charge in [-0.05, 0) is 25.0 Å². The fourth-order valence-electron chi connectivity index (χ4n) is 3.44. The van der Waals surface area contributed by atoms with Crippen LogP contribution in [0.25, 0.3) is 0 Å². The summed E-state index contributed by atoms with van der Waals surface area (Å²) in [5, 5.41) is 3.64. The van der Waals surface area contributed by atoms with E-state index in [0.717, 1.165) is 54.7 Å². The number of para-hydroxylation sites is 2. The first-order valence-electron chi connectivity index (χ1n) is 9.92. The van der Waals surface area contributed by atoms with Crippen LogP contribution in [-0.2, 0) is 16.8 Å². The second kappa shape index (κ2) is 8.78. The van der Waals surface area contributed by atoms with Gasteiger partial charge in [0.15, 0.2) is 0 Å². The summed E-state index contributed by atoms with van der Waals surface area (Å²) in [5.74, 6) is 2.76. The molecule has 1 aliphatic rings. The van der Waals surface area contributed by atoms with Gasteiger partial charge < -0.3 is 19.7 Å². The molecule has 1 fully saturated rings. The number of rotatable bonds is 6. The summed E-state index contributed by atoms with van der Waals surface area (Å²) in [4.78, 5) is 11.9. The van der Waals surface area contributed by atoms with Gasteiger partial charge in [0.25, 0.3) is 0 Å². The van der Waals surface area contributed by atoms with Crippen LogP contribution < -0.4 is 15.0 Å². The number of ether oxygens (including phenoxy) is 2. The molecule has 1 saturated heterocycles. The van der Waals surface area contributed by atoms with Gasteiger partial charge in [-0.1, -0.05) is 32.9 Å². The smallest absolute Gasteiger partial charge is 0.141 e. The number of aromatic nitrogens is 2. The van der Waals surface area contributed by atoms with Crippen molar-refractivity contribution < 1.29 is 9.47 Å². The van der Waals surface area contributed by atoms with Crippen molar-refractivity contribution in [2.75, 3.05) is 37.5 Å². The highest BCUT2D eigenvalue weighted by atomic mass is 16.5. The van der Waals surface area contributed by atoms with E-state index in [9.17, 15) is 0 Å². The first-order chi connectivity index (χ1) is 13.4. The average molecular weight is 385 g/mol. The predicted octanol–water partition coefficient (Wildman–Crippen LogP) is 4.01. The number of nitrogens with zero attached hydrogens (tertiary/aromatic N) is 3. The van der Waals surface area contributed by atoms with Gasteiger partial charge in [-0.15, -0.1) is 0 Å². The van der Waals surface area contributed by atoms with E-state index in [4.69, 9.17) is 19.4 Å². The molecule has 0 amide bonds. The standard InChI is InChI=1S/C22H32N4O2/c1-22(2,3)21-24-17(15-27-4)14-20(25-21)26-12-10-16(11-13-26)23-18-8-6-7-9-19(18)28-5/h6-9,14,16,23H,10-13,15H2,1-5H3. The summed E-state index contributed by atoms with van der Waals surface area (Å²) in [5.41, 5.74) is 1.90. The fraction of sp³-hybridized carbons (Fsp3) is 0.545. The molecule has 0 saturated carbocycles. The van der Waals surface area contributed by atoms with Crippen molar-refractivity contribution in [3.8, 4) is 5.75 Å². The number of nitrogens with one attached hydrogen (secondary N) is 1. The molecule has 6 heteroatoms. The van der Waals surface area contributed by atoms with Crippen LogP contribution in [0.3, 0.4) is 0 Å². The Bertz CT molecular complexity index is 780. The Balaban J connectivity index is 1.69. The highest BCUT2D eigenvalue weighted by Gasteiger charge is 2.24. The summed E-state index contributed by atoms with van der Waals surface area (Å²) in [6.45, 7) is 8.86. The molecular weight excluding hydrogens is 352 g/mol. The van der Waals surface area contributed by atoms with Gasteiger partial charge in [0.2, 0.25) is 0 Å². The van der Waals surface area contributed by atoms with Crippen LogP contribution in [-0.4, -0.2) is 43.3 Å². The molecule has 0 atom stereocenters. The molecular formula is C22H32N4O2. The molecule has 6 nitrogen and oxygen atoms in total. The highest BCUT2D eigenvalue weighted by Crippen LogP contribution is 2.28. The monoisotopic (exact) mass is 384 g/mol. The summed E-state index contributed by atoms with van der Waals surface area (Å²) >= 11 is 0. The molecule has 1 aliphatic heterocycles. The number of hydrogen-bond donors (Lipinski definition) is 1. The van der Waals surface area contributed by atoms with Crippen LogP contribution in [0.2, 0.25) is 0 Å². The molecule has 0 radical (unpaired) electrons. The fourth-order valence-corrected chi connectivity index (χ4v) is 3.44. The van der Waals surface area contributed by atoms with Gasteiger partial charge in [0, 0.05) is 37.7 Å². The van der Waals surface area contributed by atoms with E-state index < -0.39 is 0 Å². The molecule has 1 aromatic heterocycles. The normalized spacial score (nSPS) is 15.5. The lowest BCUT2D eigenvalue weighted by Gasteiger charge is -2.34. The minimum atomic E-state index is -0.0950. The molecule has 0 aliphatic carbocycles. The van der Waals surface area contributed by atoms with E-state index in [1.165, 1.54) is 0 Å². The Hall–Kier alpha value is -2.34. The lowest BCUT2D eigenvalue weighted by Crippen LogP contribution is -2.40. The molecule has 0 spiro atoms. The van der Waals surface area contributed by atoms with Crippen molar-refractivity contribution in [1.82, 2.24) is 9.97 Å². The molecule has 152 valence electrons. The van der Waals surface area contributed by atoms with E-state index in [1.54, 1.807) is 14.2 Å². The van der Waals surface area contributed by atoms with E-state index >= 15 is 0 Å². The maximum absolute atomic E-state index is 5.46. The third-order valence-electron chi connectivity index (χ3n) is 5.01. The van der Waals surface area contributed by atoms with Crippen LogP contribution >= 0.6 is 0 Å². The SMILES string of the molecule is COCc1cc(N2CCC(Nc3ccccc3OC)CC2)nc(C(C)(C)C)n1. The van der Waals surface area contributed by atoms with Crippen LogP contribution in [0.1, 0.15) is 45.1 Å². The van der Waals surface area contributed by atoms with Crippen molar-refractivity contribution in [2.45, 2.75) is 51.7 Å². The third kappa shape index (κ3) is 4.93. The zero-order valence-corrected chi connectivity index (χ0v) is 17.7. The van der Waals surface area contributed by atoms with Crippen molar-refractivity contribution in [3.05, 3.63) is 41.9 Å². The lowest BCUT2D eigenvalue weighted by molar-refractivity contribution is 0.181. The van der Waals surface area contributed by atoms with E-state index in [2.05, 4.69) is 43.1 Å². The van der Waals surface area contributed by atoms with Gasteiger partial charge in [-0.25, -0.2) is 9.97 Å². The first kappa shape index (κ1) is 20.4. The Kier molecular flexibility index (Phi) is 6.39. The zero-order valence-electron chi connectivity index (χ0n) is 17.7. The van der Waals surface area contributed by atoms with Crippen LogP contribution in [0, 0.1) is 0 Å². The van der Waals surface area contributed by atoms with Crippen molar-refractivity contribution in [2.24, 2.45) is 0 Å². The second-order valence-electron chi connectivity index (χ2n) is 8.33. The van der Waals surface area contributed by atoms with Crippen LogP contribution in [0.15, 0.2) is 30.3 Å². The summed E-state index contributed by atoms with van der Waals surface area (Å²) in [7, 11) is 3.41. The number of anilines is 2. The molecule has 2 heterocycles. The van der Waals surface area contributed by atoms with Gasteiger partial charge >= 0.3 is 0 Å². The van der Waals surface area contributed by atoms with Gasteiger partial charge in [-0.2, -0.15) is 0 Å². The van der Waals surface area contributed by atoms with Crippen molar-refractivity contribution in [3.63, 3.8) is 0 Å². The zero-order chi connectivity index (χ0) is 20.1. The molecule has 0 bridgehead atoms. The van der Waals surface area contributed by atoms with Crippen molar-refractivity contribution >= 4 is 11.5 Å². The molecule has 1 N–H and O–H groups in total. The Labute approximate surface area is 168 Å². The van der Waals surface area contributed by atoms with E-state index in [0.29, 0.717) is 12.6 Å². The quantitative estimate of drug-likeness (QED) is 0.812. The molecule has 3 rings (SSSR count). The first-order valence-corrected chi connectivity index (χ1v) is 9.92. The largest absolute Gasteiger partial charge is 0.495 e. The summed E-state index contributed by atoms with van der Waals surface area (Å²) in [6, 6.07) is 10.6. The number of methoxy groups -OCH3 is 2. The molecule has 28 heavy (non-hydrogen) atoms. The predicted molar refractivity (Wildman–Crippen MR) is 113 cm³/mol. The molecule has 0 unspecified atom stereocenters. The topological polar surface area (TPSA) is 59.5 Å². The number of piperidine rings is 1. The second-order valence-corrected chi connectivity index (χ2v) is 8.33. The minimum absolute atomic E-state index is 0.0950. The maximum atomic E-state index is 5.46. The van der Waals surface area contributed by atoms with E-state index in [1.807, 2.05) is 18.2 Å². The van der Waals surface area contributed by atoms with Gasteiger partial charge in [-0.3, -0.25) is 0 Å². The Morgan fingerprint density at radius 2 is 1.82 bits per heavy atom. The number of benzene rings is 1. The lowest BCUT2D eigenvalue weighted by atomic mass is 9.95. The molecule has 2 aromatic rings. The highest BCUT2D eigenvalue weighted by molar-refractivity contribution is 5.57.